The standard InChI is InChI=1S/C16H23N5O3/c1-11-6-21(15(23)18-14(11)22)13-4-5-20(9-16(13,2)24)8-12-7-19(3)10-17-12/h6-7,10,13,24H,4-5,8-9H2,1-3H3,(H,18,22,23)/t13-,16-/m0/s1. The van der Waals surface area contributed by atoms with Crippen molar-refractivity contribution in [3.05, 3.63) is 50.8 Å². The molecule has 0 saturated carbocycles. The van der Waals surface area contributed by atoms with Crippen LogP contribution in [0.3, 0.4) is 0 Å². The van der Waals surface area contributed by atoms with Crippen molar-refractivity contribution in [1.29, 1.82) is 0 Å². The van der Waals surface area contributed by atoms with E-state index in [0.29, 0.717) is 25.1 Å². The van der Waals surface area contributed by atoms with Gasteiger partial charge in [-0.15, -0.1) is 0 Å². The molecule has 0 aromatic carbocycles. The Morgan fingerprint density at radius 2 is 2.17 bits per heavy atom. The minimum atomic E-state index is -1.08. The van der Waals surface area contributed by atoms with E-state index in [4.69, 9.17) is 0 Å². The fourth-order valence-corrected chi connectivity index (χ4v) is 3.42. The summed E-state index contributed by atoms with van der Waals surface area (Å²) in [5, 5.41) is 10.9. The molecule has 0 radical (unpaired) electrons. The van der Waals surface area contributed by atoms with Crippen LogP contribution < -0.4 is 11.2 Å². The number of imidazole rings is 1. The van der Waals surface area contributed by atoms with E-state index in [1.54, 1.807) is 20.2 Å². The average molecular weight is 333 g/mol. The van der Waals surface area contributed by atoms with Crippen LogP contribution in [0.4, 0.5) is 0 Å². The number of piperidine rings is 1. The number of β-amino-alcohol motifs (C(OH)–C–C–N with tert-alkyl or cyclic N) is 1. The van der Waals surface area contributed by atoms with Crippen LogP contribution in [0.2, 0.25) is 0 Å². The maximum absolute atomic E-state index is 12.1. The van der Waals surface area contributed by atoms with Gasteiger partial charge in [0.2, 0.25) is 0 Å². The molecule has 1 aliphatic heterocycles. The van der Waals surface area contributed by atoms with Gasteiger partial charge in [-0.2, -0.15) is 0 Å². The van der Waals surface area contributed by atoms with E-state index in [9.17, 15) is 14.7 Å². The maximum Gasteiger partial charge on any atom is 0.328 e. The predicted molar refractivity (Wildman–Crippen MR) is 88.8 cm³/mol. The molecule has 3 heterocycles. The van der Waals surface area contributed by atoms with Gasteiger partial charge in [-0.3, -0.25) is 19.2 Å². The molecule has 2 atom stereocenters. The first-order valence-corrected chi connectivity index (χ1v) is 8.00. The molecule has 1 fully saturated rings. The SMILES string of the molecule is Cc1cn([C@H]2CCN(Cc3cn(C)cn3)C[C@]2(C)O)c(=O)[nH]c1=O. The Kier molecular flexibility index (Phi) is 4.18. The number of aromatic amines is 1. The summed E-state index contributed by atoms with van der Waals surface area (Å²) in [5.41, 5.74) is -0.538. The lowest BCUT2D eigenvalue weighted by Crippen LogP contribution is -2.54. The van der Waals surface area contributed by atoms with Gasteiger partial charge in [-0.05, 0) is 20.3 Å². The largest absolute Gasteiger partial charge is 0.387 e. The smallest absolute Gasteiger partial charge is 0.328 e. The number of hydrogen-bond donors (Lipinski definition) is 2. The van der Waals surface area contributed by atoms with Gasteiger partial charge in [0.25, 0.3) is 5.56 Å². The fourth-order valence-electron chi connectivity index (χ4n) is 3.42. The number of likely N-dealkylation sites (tertiary alicyclic amines) is 1. The zero-order valence-electron chi connectivity index (χ0n) is 14.2. The number of rotatable bonds is 3. The second kappa shape index (κ2) is 6.03. The Bertz CT molecular complexity index is 848. The summed E-state index contributed by atoms with van der Waals surface area (Å²) >= 11 is 0. The van der Waals surface area contributed by atoms with Crippen molar-refractivity contribution in [1.82, 2.24) is 24.0 Å². The number of H-pyrrole nitrogens is 1. The third kappa shape index (κ3) is 3.20. The minimum absolute atomic E-state index is 0.375. The highest BCUT2D eigenvalue weighted by molar-refractivity contribution is 5.06. The third-order valence-electron chi connectivity index (χ3n) is 4.61. The summed E-state index contributed by atoms with van der Waals surface area (Å²) in [5.74, 6) is 0. The summed E-state index contributed by atoms with van der Waals surface area (Å²) in [4.78, 5) is 32.4. The number of nitrogens with zero attached hydrogens (tertiary/aromatic N) is 4. The van der Waals surface area contributed by atoms with E-state index in [0.717, 1.165) is 12.2 Å². The number of nitrogens with one attached hydrogen (secondary N) is 1. The topological polar surface area (TPSA) is 96.2 Å². The lowest BCUT2D eigenvalue weighted by molar-refractivity contribution is -0.0606. The molecule has 130 valence electrons. The predicted octanol–water partition coefficient (Wildman–Crippen LogP) is -0.223. The van der Waals surface area contributed by atoms with Crippen molar-refractivity contribution in [2.45, 2.75) is 38.5 Å². The first-order chi connectivity index (χ1) is 11.3. The van der Waals surface area contributed by atoms with Crippen molar-refractivity contribution in [2.75, 3.05) is 13.1 Å². The number of aliphatic hydroxyl groups is 1. The monoisotopic (exact) mass is 333 g/mol. The molecule has 8 heteroatoms. The Balaban J connectivity index is 1.80. The highest BCUT2D eigenvalue weighted by Gasteiger charge is 2.39. The molecule has 0 unspecified atom stereocenters. The van der Waals surface area contributed by atoms with Crippen LogP contribution in [-0.2, 0) is 13.6 Å². The van der Waals surface area contributed by atoms with Crippen LogP contribution >= 0.6 is 0 Å². The van der Waals surface area contributed by atoms with Crippen molar-refractivity contribution >= 4 is 0 Å². The quantitative estimate of drug-likeness (QED) is 0.809. The molecule has 0 spiro atoms. The van der Waals surface area contributed by atoms with E-state index >= 15 is 0 Å². The average Bonchev–Trinajstić information content (AvgIpc) is 2.88. The molecule has 2 aromatic heterocycles. The maximum atomic E-state index is 12.1. The van der Waals surface area contributed by atoms with Gasteiger partial charge in [-0.1, -0.05) is 0 Å². The van der Waals surface area contributed by atoms with Crippen molar-refractivity contribution in [2.24, 2.45) is 7.05 Å². The molecule has 0 bridgehead atoms. The highest BCUT2D eigenvalue weighted by atomic mass is 16.3. The van der Waals surface area contributed by atoms with Crippen molar-refractivity contribution in [3.8, 4) is 0 Å². The fraction of sp³-hybridized carbons (Fsp3) is 0.562. The molecule has 2 N–H and O–H groups in total. The van der Waals surface area contributed by atoms with Crippen LogP contribution in [0.1, 0.15) is 30.6 Å². The summed E-state index contributed by atoms with van der Waals surface area (Å²) in [6.07, 6.45) is 5.86. The van der Waals surface area contributed by atoms with Crippen LogP contribution in [-0.4, -0.2) is 47.8 Å². The minimum Gasteiger partial charge on any atom is -0.387 e. The highest BCUT2D eigenvalue weighted by Crippen LogP contribution is 2.31. The molecule has 1 aliphatic rings. The second-order valence-electron chi connectivity index (χ2n) is 6.88. The lowest BCUT2D eigenvalue weighted by atomic mass is 9.88. The number of aromatic nitrogens is 4. The van der Waals surface area contributed by atoms with Gasteiger partial charge in [-0.25, -0.2) is 9.78 Å². The third-order valence-corrected chi connectivity index (χ3v) is 4.61. The normalized spacial score (nSPS) is 25.1. The van der Waals surface area contributed by atoms with Gasteiger partial charge < -0.3 is 9.67 Å². The Hall–Kier alpha value is -2.19. The van der Waals surface area contributed by atoms with E-state index < -0.39 is 11.3 Å². The van der Waals surface area contributed by atoms with Gasteiger partial charge in [0.1, 0.15) is 0 Å². The molecule has 8 nitrogen and oxygen atoms in total. The van der Waals surface area contributed by atoms with Crippen LogP contribution in [0, 0.1) is 6.92 Å². The molecular weight excluding hydrogens is 310 g/mol. The van der Waals surface area contributed by atoms with E-state index in [1.165, 1.54) is 10.8 Å². The Morgan fingerprint density at radius 1 is 1.42 bits per heavy atom. The number of aryl methyl sites for hydroxylation is 2. The summed E-state index contributed by atoms with van der Waals surface area (Å²) in [6.45, 7) is 5.21. The van der Waals surface area contributed by atoms with E-state index in [2.05, 4.69) is 14.9 Å². The second-order valence-corrected chi connectivity index (χ2v) is 6.88. The van der Waals surface area contributed by atoms with E-state index in [-0.39, 0.29) is 11.6 Å². The zero-order valence-corrected chi connectivity index (χ0v) is 14.2. The summed E-state index contributed by atoms with van der Waals surface area (Å²) < 4.78 is 3.34. The molecule has 0 aliphatic carbocycles. The molecule has 1 saturated heterocycles. The van der Waals surface area contributed by atoms with Gasteiger partial charge >= 0.3 is 5.69 Å². The lowest BCUT2D eigenvalue weighted by Gasteiger charge is -2.43. The van der Waals surface area contributed by atoms with Crippen molar-refractivity contribution in [3.63, 3.8) is 0 Å². The van der Waals surface area contributed by atoms with Crippen LogP contribution in [0.15, 0.2) is 28.3 Å². The summed E-state index contributed by atoms with van der Waals surface area (Å²) in [6, 6.07) is -0.375. The first-order valence-electron chi connectivity index (χ1n) is 8.00. The van der Waals surface area contributed by atoms with Gasteiger partial charge in [0.05, 0.1) is 23.7 Å². The van der Waals surface area contributed by atoms with E-state index in [1.807, 2.05) is 17.8 Å². The van der Waals surface area contributed by atoms with Crippen LogP contribution in [0.5, 0.6) is 0 Å². The molecule has 3 rings (SSSR count). The Morgan fingerprint density at radius 3 is 2.79 bits per heavy atom. The number of hydrogen-bond acceptors (Lipinski definition) is 5. The van der Waals surface area contributed by atoms with Crippen molar-refractivity contribution < 1.29 is 5.11 Å². The molecule has 24 heavy (non-hydrogen) atoms. The molecule has 2 aromatic rings. The zero-order chi connectivity index (χ0) is 17.5. The molecule has 0 amide bonds. The van der Waals surface area contributed by atoms with Gasteiger partial charge in [0, 0.05) is 44.6 Å². The van der Waals surface area contributed by atoms with Crippen LogP contribution in [0.25, 0.3) is 0 Å². The first kappa shape index (κ1) is 16.7. The molecular formula is C16H23N5O3. The Labute approximate surface area is 139 Å². The van der Waals surface area contributed by atoms with Gasteiger partial charge in [0.15, 0.2) is 0 Å². The summed E-state index contributed by atoms with van der Waals surface area (Å²) in [7, 11) is 1.92.